The third-order valence-corrected chi connectivity index (χ3v) is 3.29. The molecule has 0 aliphatic rings. The lowest BCUT2D eigenvalue weighted by molar-refractivity contribution is -0.387. The van der Waals surface area contributed by atoms with Crippen LogP contribution in [-0.4, -0.2) is 33.1 Å². The average Bonchev–Trinajstić information content (AvgIpc) is 2.29. The second kappa shape index (κ2) is 6.51. The van der Waals surface area contributed by atoms with Gasteiger partial charge in [0.2, 0.25) is 5.82 Å². The molecule has 110 valence electrons. The lowest BCUT2D eigenvalue weighted by atomic mass is 10.1. The predicted molar refractivity (Wildman–Crippen MR) is 68.9 cm³/mol. The van der Waals surface area contributed by atoms with Gasteiger partial charge in [-0.3, -0.25) is 19.1 Å². The quantitative estimate of drug-likeness (QED) is 0.657. The van der Waals surface area contributed by atoms with Crippen LogP contribution in [0.15, 0.2) is 12.1 Å². The molecule has 1 N–H and O–H groups in total. The summed E-state index contributed by atoms with van der Waals surface area (Å²) in [7, 11) is -1.18. The first-order valence-corrected chi connectivity index (χ1v) is 7.19. The second-order valence-electron chi connectivity index (χ2n) is 4.16. The van der Waals surface area contributed by atoms with Crippen LogP contribution in [0.5, 0.6) is 0 Å². The largest absolute Gasteiger partial charge is 0.349 e. The Kier molecular flexibility index (Phi) is 5.26. The molecular weight excluding hydrogens is 294 g/mol. The number of nitrogens with one attached hydrogen (secondary N) is 1. The first kappa shape index (κ1) is 16.2. The highest BCUT2D eigenvalue weighted by atomic mass is 32.2. The zero-order valence-electron chi connectivity index (χ0n) is 10.7. The van der Waals surface area contributed by atoms with Crippen molar-refractivity contribution in [1.82, 2.24) is 5.32 Å². The molecule has 0 spiro atoms. The maximum atomic E-state index is 13.7. The Morgan fingerprint density at radius 1 is 1.50 bits per heavy atom. The van der Waals surface area contributed by atoms with Crippen LogP contribution in [0.1, 0.15) is 17.3 Å². The number of hydrogen-bond acceptors (Lipinski definition) is 4. The molecule has 20 heavy (non-hydrogen) atoms. The molecule has 0 fully saturated rings. The van der Waals surface area contributed by atoms with Gasteiger partial charge in [0.05, 0.1) is 16.6 Å². The van der Waals surface area contributed by atoms with Crippen LogP contribution in [0, 0.1) is 21.7 Å². The summed E-state index contributed by atoms with van der Waals surface area (Å²) >= 11 is 0. The van der Waals surface area contributed by atoms with Crippen LogP contribution in [0.2, 0.25) is 0 Å². The van der Waals surface area contributed by atoms with Gasteiger partial charge in [0, 0.05) is 28.9 Å². The number of carbonyl (C=O) groups is 1. The molecule has 1 aromatic rings. The van der Waals surface area contributed by atoms with Gasteiger partial charge < -0.3 is 5.32 Å². The number of halogens is 2. The van der Waals surface area contributed by atoms with Crippen LogP contribution in [-0.2, 0) is 10.8 Å². The summed E-state index contributed by atoms with van der Waals surface area (Å²) in [5.41, 5.74) is -1.87. The van der Waals surface area contributed by atoms with Crippen LogP contribution in [0.25, 0.3) is 0 Å². The van der Waals surface area contributed by atoms with Crippen molar-refractivity contribution in [1.29, 1.82) is 0 Å². The van der Waals surface area contributed by atoms with Crippen LogP contribution in [0.3, 0.4) is 0 Å². The van der Waals surface area contributed by atoms with Crippen molar-refractivity contribution in [3.63, 3.8) is 0 Å². The predicted octanol–water partition coefficient (Wildman–Crippen LogP) is 1.37. The minimum absolute atomic E-state index is 0.130. The molecule has 0 bridgehead atoms. The van der Waals surface area contributed by atoms with E-state index in [1.54, 1.807) is 0 Å². The molecule has 0 aliphatic heterocycles. The van der Waals surface area contributed by atoms with Gasteiger partial charge in [0.15, 0.2) is 0 Å². The number of rotatable bonds is 5. The smallest absolute Gasteiger partial charge is 0.308 e. The van der Waals surface area contributed by atoms with Crippen molar-refractivity contribution >= 4 is 22.4 Å². The van der Waals surface area contributed by atoms with Crippen LogP contribution >= 0.6 is 0 Å². The van der Waals surface area contributed by atoms with Gasteiger partial charge in [0.25, 0.3) is 5.91 Å². The van der Waals surface area contributed by atoms with Crippen molar-refractivity contribution in [3.8, 4) is 0 Å². The SMILES string of the molecule is CC(CS(C)=O)NC(=O)c1cc(F)cc([N+](=O)[O-])c1F. The molecule has 0 radical (unpaired) electrons. The second-order valence-corrected chi connectivity index (χ2v) is 5.64. The zero-order valence-corrected chi connectivity index (χ0v) is 11.5. The maximum absolute atomic E-state index is 13.7. The number of nitro groups is 1. The van der Waals surface area contributed by atoms with E-state index < -0.39 is 50.6 Å². The summed E-state index contributed by atoms with van der Waals surface area (Å²) < 4.78 is 37.9. The number of hydrogen-bond donors (Lipinski definition) is 1. The standard InChI is InChI=1S/C11H12F2N2O4S/c1-6(5-20(2)19)14-11(16)8-3-7(12)4-9(10(8)13)15(17)18/h3-4,6H,5H2,1-2H3,(H,14,16). The summed E-state index contributed by atoms with van der Waals surface area (Å²) in [6.07, 6.45) is 1.43. The maximum Gasteiger partial charge on any atom is 0.308 e. The van der Waals surface area contributed by atoms with Gasteiger partial charge in [-0.2, -0.15) is 4.39 Å². The minimum atomic E-state index is -1.40. The third kappa shape index (κ3) is 4.05. The number of nitrogens with zero attached hydrogens (tertiary/aromatic N) is 1. The normalized spacial score (nSPS) is 13.6. The molecule has 1 rings (SSSR count). The van der Waals surface area contributed by atoms with E-state index in [1.165, 1.54) is 13.2 Å². The fourth-order valence-electron chi connectivity index (χ4n) is 1.57. The summed E-state index contributed by atoms with van der Waals surface area (Å²) in [5.74, 6) is -3.36. The molecule has 0 heterocycles. The van der Waals surface area contributed by atoms with Gasteiger partial charge in [-0.1, -0.05) is 0 Å². The number of carbonyl (C=O) groups excluding carboxylic acids is 1. The van der Waals surface area contributed by atoms with Crippen molar-refractivity contribution in [3.05, 3.63) is 39.4 Å². The minimum Gasteiger partial charge on any atom is -0.349 e. The molecular formula is C11H12F2N2O4S. The van der Waals surface area contributed by atoms with E-state index in [1.807, 2.05) is 0 Å². The third-order valence-electron chi connectivity index (χ3n) is 2.32. The Morgan fingerprint density at radius 3 is 2.60 bits per heavy atom. The topological polar surface area (TPSA) is 89.3 Å². The van der Waals surface area contributed by atoms with Crippen LogP contribution < -0.4 is 5.32 Å². The van der Waals surface area contributed by atoms with Crippen molar-refractivity contribution in [2.45, 2.75) is 13.0 Å². The van der Waals surface area contributed by atoms with E-state index in [9.17, 15) is 27.9 Å². The molecule has 1 amide bonds. The molecule has 6 nitrogen and oxygen atoms in total. The van der Waals surface area contributed by atoms with Crippen molar-refractivity contribution in [2.75, 3.05) is 12.0 Å². The summed E-state index contributed by atoms with van der Waals surface area (Å²) in [4.78, 5) is 21.2. The number of amides is 1. The fraction of sp³-hybridized carbons (Fsp3) is 0.364. The van der Waals surface area contributed by atoms with Gasteiger partial charge in [-0.25, -0.2) is 4.39 Å². The summed E-state index contributed by atoms with van der Waals surface area (Å²) in [6.45, 7) is 1.53. The van der Waals surface area contributed by atoms with E-state index in [0.717, 1.165) is 0 Å². The van der Waals surface area contributed by atoms with E-state index >= 15 is 0 Å². The van der Waals surface area contributed by atoms with Gasteiger partial charge in [-0.15, -0.1) is 0 Å². The first-order chi connectivity index (χ1) is 9.22. The molecule has 9 heteroatoms. The highest BCUT2D eigenvalue weighted by Gasteiger charge is 2.24. The van der Waals surface area contributed by atoms with Gasteiger partial charge >= 0.3 is 5.69 Å². The molecule has 0 aromatic heterocycles. The highest BCUT2D eigenvalue weighted by molar-refractivity contribution is 7.84. The number of benzene rings is 1. The molecule has 0 saturated carbocycles. The van der Waals surface area contributed by atoms with Crippen LogP contribution in [0.4, 0.5) is 14.5 Å². The Morgan fingerprint density at radius 2 is 2.10 bits per heavy atom. The van der Waals surface area contributed by atoms with Crippen molar-refractivity contribution < 1.29 is 22.7 Å². The van der Waals surface area contributed by atoms with Gasteiger partial charge in [-0.05, 0) is 13.0 Å². The summed E-state index contributed by atoms with van der Waals surface area (Å²) in [6, 6.07) is 0.430. The Hall–Kier alpha value is -1.90. The van der Waals surface area contributed by atoms with E-state index in [-0.39, 0.29) is 5.75 Å². The molecule has 1 aromatic carbocycles. The lowest BCUT2D eigenvalue weighted by Crippen LogP contribution is -2.36. The van der Waals surface area contributed by atoms with E-state index in [2.05, 4.69) is 5.32 Å². The monoisotopic (exact) mass is 306 g/mol. The Balaban J connectivity index is 3.04. The fourth-order valence-corrected chi connectivity index (χ4v) is 2.36. The molecule has 0 saturated heterocycles. The molecule has 2 atom stereocenters. The first-order valence-electron chi connectivity index (χ1n) is 5.46. The Labute approximate surface area is 115 Å². The zero-order chi connectivity index (χ0) is 15.4. The van der Waals surface area contributed by atoms with E-state index in [0.29, 0.717) is 12.1 Å². The average molecular weight is 306 g/mol. The molecule has 2 unspecified atom stereocenters. The summed E-state index contributed by atoms with van der Waals surface area (Å²) in [5, 5.41) is 12.8. The van der Waals surface area contributed by atoms with Crippen molar-refractivity contribution in [2.24, 2.45) is 0 Å². The number of nitro benzene ring substituents is 1. The Bertz CT molecular complexity index is 580. The lowest BCUT2D eigenvalue weighted by Gasteiger charge is -2.12. The van der Waals surface area contributed by atoms with E-state index in [4.69, 9.17) is 0 Å². The highest BCUT2D eigenvalue weighted by Crippen LogP contribution is 2.22. The van der Waals surface area contributed by atoms with Gasteiger partial charge in [0.1, 0.15) is 5.82 Å². The molecule has 0 aliphatic carbocycles.